The number of benzene rings is 2. The fourth-order valence-corrected chi connectivity index (χ4v) is 5.55. The van der Waals surface area contributed by atoms with Crippen LogP contribution in [0.15, 0.2) is 42.6 Å². The number of hydrogen-bond donors (Lipinski definition) is 0. The number of rotatable bonds is 5. The van der Waals surface area contributed by atoms with Gasteiger partial charge in [0.25, 0.3) is 0 Å². The number of hydrogen-bond acceptors (Lipinski definition) is 0. The van der Waals surface area contributed by atoms with Crippen LogP contribution >= 0.6 is 0 Å². The molecule has 1 heterocycles. The maximum absolute atomic E-state index is 2.52. The van der Waals surface area contributed by atoms with Crippen molar-refractivity contribution in [3.63, 3.8) is 0 Å². The first-order valence-electron chi connectivity index (χ1n) is 12.1. The van der Waals surface area contributed by atoms with Gasteiger partial charge in [0, 0.05) is 6.07 Å². The fourth-order valence-electron chi connectivity index (χ4n) is 5.55. The zero-order valence-electron chi connectivity index (χ0n) is 19.6. The second-order valence-electron chi connectivity index (χ2n) is 9.48. The summed E-state index contributed by atoms with van der Waals surface area (Å²) in [5.41, 5.74) is 8.66. The molecule has 0 atom stereocenters. The van der Waals surface area contributed by atoms with Gasteiger partial charge in [-0.25, -0.2) is 4.57 Å². The highest BCUT2D eigenvalue weighted by atomic mass is 14.9. The molecule has 1 aliphatic rings. The smallest absolute Gasteiger partial charge is 0.200 e. The van der Waals surface area contributed by atoms with Crippen molar-refractivity contribution >= 4 is 10.8 Å². The standard InChI is InChI=1S/C29H38N/c1-6-22(7-2)24-13-14-27-25(18-24)15-16-30(5)29(27)28-19-26(17-20(3)21(28)4)23-11-9-8-10-12-23/h13-19,22-23H,6-12H2,1-5H3/q+1. The van der Waals surface area contributed by atoms with Gasteiger partial charge in [-0.2, -0.15) is 0 Å². The van der Waals surface area contributed by atoms with Crippen LogP contribution in [0.2, 0.25) is 0 Å². The van der Waals surface area contributed by atoms with Crippen molar-refractivity contribution in [1.29, 1.82) is 0 Å². The Kier molecular flexibility index (Phi) is 6.27. The predicted octanol–water partition coefficient (Wildman–Crippen LogP) is 7.90. The highest BCUT2D eigenvalue weighted by Gasteiger charge is 2.23. The van der Waals surface area contributed by atoms with Crippen molar-refractivity contribution in [2.75, 3.05) is 0 Å². The van der Waals surface area contributed by atoms with Crippen LogP contribution in [0.5, 0.6) is 0 Å². The summed E-state index contributed by atoms with van der Waals surface area (Å²) in [6.45, 7) is 9.20. The maximum atomic E-state index is 2.52. The molecule has 1 saturated carbocycles. The number of aryl methyl sites for hydroxylation is 2. The minimum absolute atomic E-state index is 0.658. The molecule has 158 valence electrons. The van der Waals surface area contributed by atoms with Crippen molar-refractivity contribution in [3.8, 4) is 11.3 Å². The second-order valence-corrected chi connectivity index (χ2v) is 9.48. The third-order valence-electron chi connectivity index (χ3n) is 7.64. The van der Waals surface area contributed by atoms with Crippen LogP contribution in [0.1, 0.15) is 92.9 Å². The Bertz CT molecular complexity index is 1040. The summed E-state index contributed by atoms with van der Waals surface area (Å²) in [5.74, 6) is 1.39. The third-order valence-corrected chi connectivity index (χ3v) is 7.64. The van der Waals surface area contributed by atoms with Crippen LogP contribution in [0.25, 0.3) is 22.0 Å². The average Bonchev–Trinajstić information content (AvgIpc) is 2.77. The van der Waals surface area contributed by atoms with Crippen LogP contribution in [0.3, 0.4) is 0 Å². The van der Waals surface area contributed by atoms with Crippen LogP contribution in [-0.2, 0) is 7.05 Å². The largest absolute Gasteiger partial charge is 0.220 e. The fraction of sp³-hybridized carbons (Fsp3) is 0.483. The normalized spacial score (nSPS) is 15.3. The molecule has 0 unspecified atom stereocenters. The predicted molar refractivity (Wildman–Crippen MR) is 129 cm³/mol. The molecule has 0 spiro atoms. The van der Waals surface area contributed by atoms with Gasteiger partial charge < -0.3 is 0 Å². The van der Waals surface area contributed by atoms with Gasteiger partial charge in [-0.05, 0) is 91.1 Å². The zero-order chi connectivity index (χ0) is 21.3. The van der Waals surface area contributed by atoms with Gasteiger partial charge in [-0.1, -0.05) is 51.3 Å². The molecule has 4 rings (SSSR count). The van der Waals surface area contributed by atoms with Gasteiger partial charge in [-0.15, -0.1) is 0 Å². The zero-order valence-corrected chi connectivity index (χ0v) is 19.6. The number of fused-ring (bicyclic) bond motifs is 1. The van der Waals surface area contributed by atoms with Crippen LogP contribution in [0.4, 0.5) is 0 Å². The molecule has 30 heavy (non-hydrogen) atoms. The van der Waals surface area contributed by atoms with Crippen molar-refractivity contribution in [2.24, 2.45) is 7.05 Å². The van der Waals surface area contributed by atoms with Gasteiger partial charge in [0.15, 0.2) is 6.20 Å². The first-order chi connectivity index (χ1) is 14.5. The second kappa shape index (κ2) is 8.92. The molecule has 1 heteroatoms. The molecule has 0 N–H and O–H groups in total. The van der Waals surface area contributed by atoms with E-state index in [1.807, 2.05) is 0 Å². The Hall–Kier alpha value is -2.15. The van der Waals surface area contributed by atoms with E-state index >= 15 is 0 Å². The topological polar surface area (TPSA) is 3.88 Å². The van der Waals surface area contributed by atoms with Crippen molar-refractivity contribution in [2.45, 2.75) is 84.5 Å². The number of pyridine rings is 1. The molecule has 0 bridgehead atoms. The summed E-state index contributed by atoms with van der Waals surface area (Å²) in [5, 5.41) is 2.74. The van der Waals surface area contributed by atoms with E-state index in [4.69, 9.17) is 0 Å². The van der Waals surface area contributed by atoms with Crippen LogP contribution in [0, 0.1) is 13.8 Å². The minimum Gasteiger partial charge on any atom is -0.200 e. The Morgan fingerprint density at radius 2 is 1.67 bits per heavy atom. The van der Waals surface area contributed by atoms with Crippen LogP contribution < -0.4 is 4.57 Å². The first-order valence-corrected chi connectivity index (χ1v) is 12.1. The monoisotopic (exact) mass is 400 g/mol. The van der Waals surface area contributed by atoms with Gasteiger partial charge >= 0.3 is 0 Å². The summed E-state index contributed by atoms with van der Waals surface area (Å²) < 4.78 is 2.32. The van der Waals surface area contributed by atoms with E-state index in [9.17, 15) is 0 Å². The average molecular weight is 401 g/mol. The Balaban J connectivity index is 1.88. The van der Waals surface area contributed by atoms with Gasteiger partial charge in [0.1, 0.15) is 7.05 Å². The summed E-state index contributed by atoms with van der Waals surface area (Å²) in [7, 11) is 2.20. The molecule has 0 aliphatic heterocycles. The van der Waals surface area contributed by atoms with Crippen molar-refractivity contribution in [1.82, 2.24) is 0 Å². The summed E-state index contributed by atoms with van der Waals surface area (Å²) in [4.78, 5) is 0. The van der Waals surface area contributed by atoms with E-state index in [0.29, 0.717) is 5.92 Å². The molecular weight excluding hydrogens is 362 g/mol. The minimum atomic E-state index is 0.658. The van der Waals surface area contributed by atoms with Gasteiger partial charge in [-0.3, -0.25) is 0 Å². The molecule has 1 fully saturated rings. The summed E-state index contributed by atoms with van der Waals surface area (Å²) >= 11 is 0. The van der Waals surface area contributed by atoms with E-state index in [1.54, 1.807) is 5.56 Å². The van der Waals surface area contributed by atoms with E-state index in [2.05, 4.69) is 81.9 Å². The lowest BCUT2D eigenvalue weighted by Crippen LogP contribution is -2.31. The number of aromatic nitrogens is 1. The highest BCUT2D eigenvalue weighted by Crippen LogP contribution is 2.38. The first kappa shape index (κ1) is 21.1. The lowest BCUT2D eigenvalue weighted by atomic mass is 9.81. The molecule has 1 nitrogen and oxygen atoms in total. The lowest BCUT2D eigenvalue weighted by Gasteiger charge is -2.24. The molecule has 3 aromatic rings. The van der Waals surface area contributed by atoms with E-state index in [-0.39, 0.29) is 0 Å². The molecule has 1 aliphatic carbocycles. The molecule has 0 amide bonds. The van der Waals surface area contributed by atoms with Gasteiger partial charge in [0.2, 0.25) is 5.69 Å². The maximum Gasteiger partial charge on any atom is 0.220 e. The van der Waals surface area contributed by atoms with E-state index in [1.165, 1.54) is 83.7 Å². The van der Waals surface area contributed by atoms with Gasteiger partial charge in [0.05, 0.1) is 10.9 Å². The Morgan fingerprint density at radius 3 is 2.37 bits per heavy atom. The number of nitrogens with zero attached hydrogens (tertiary/aromatic N) is 1. The molecule has 0 saturated heterocycles. The van der Waals surface area contributed by atoms with E-state index in [0.717, 1.165) is 5.92 Å². The summed E-state index contributed by atoms with van der Waals surface area (Å²) in [6.07, 6.45) is 11.5. The molecule has 1 aromatic heterocycles. The van der Waals surface area contributed by atoms with Crippen molar-refractivity contribution in [3.05, 3.63) is 64.8 Å². The van der Waals surface area contributed by atoms with Crippen molar-refractivity contribution < 1.29 is 4.57 Å². The van der Waals surface area contributed by atoms with E-state index < -0.39 is 0 Å². The Labute approximate surface area is 183 Å². The third kappa shape index (κ3) is 3.92. The van der Waals surface area contributed by atoms with Crippen LogP contribution in [-0.4, -0.2) is 0 Å². The quantitative estimate of drug-likeness (QED) is 0.383. The molecule has 0 radical (unpaired) electrons. The lowest BCUT2D eigenvalue weighted by molar-refractivity contribution is -0.659. The highest BCUT2D eigenvalue weighted by molar-refractivity contribution is 5.94. The Morgan fingerprint density at radius 1 is 0.933 bits per heavy atom. The summed E-state index contributed by atoms with van der Waals surface area (Å²) in [6, 6.07) is 14.5. The molecule has 2 aromatic carbocycles. The SMILES string of the molecule is CCC(CC)c1ccc2c(-c3cc(C4CCCCC4)cc(C)c3C)[n+](C)ccc2c1. The molecular formula is C29H38N+.